The molecule has 0 aliphatic carbocycles. The molecule has 0 saturated heterocycles. The summed E-state index contributed by atoms with van der Waals surface area (Å²) in [7, 11) is 6.17. The fourth-order valence-corrected chi connectivity index (χ4v) is 4.25. The Morgan fingerprint density at radius 2 is 1.33 bits per heavy atom. The van der Waals surface area contributed by atoms with E-state index >= 15 is 0 Å². The number of rotatable bonds is 2. The normalized spacial score (nSPS) is 10.9. The lowest BCUT2D eigenvalue weighted by Gasteiger charge is -2.09. The number of fused-ring (bicyclic) bond motifs is 4. The van der Waals surface area contributed by atoms with Crippen LogP contribution in [0.15, 0.2) is 84.9 Å². The minimum Gasteiger partial charge on any atom is -0.398 e. The second kappa shape index (κ2) is 8.63. The quantitative estimate of drug-likeness (QED) is 0.163. The Hall–Kier alpha value is -3.26. The number of nitrogen functional groups attached to an aromatic ring is 1. The molecule has 5 rings (SSSR count). The van der Waals surface area contributed by atoms with Crippen LogP contribution >= 0.6 is 0 Å². The van der Waals surface area contributed by atoms with Gasteiger partial charge in [0.05, 0.1) is 0 Å². The maximum Gasteiger partial charge on any atom is 0.114 e. The fraction of sp³-hybridized carbons (Fsp3) is 0.143. The first-order chi connectivity index (χ1) is 14.6. The maximum absolute atomic E-state index is 6.17. The van der Waals surface area contributed by atoms with Gasteiger partial charge in [0.1, 0.15) is 7.85 Å². The fourth-order valence-electron chi connectivity index (χ4n) is 4.25. The molecule has 0 heterocycles. The second-order valence-electron chi connectivity index (χ2n) is 7.62. The Bertz CT molecular complexity index is 1340. The molecule has 0 bridgehead atoms. The van der Waals surface area contributed by atoms with Gasteiger partial charge in [0.15, 0.2) is 0 Å². The van der Waals surface area contributed by atoms with Crippen molar-refractivity contribution in [3.63, 3.8) is 0 Å². The molecule has 2 heteroatoms. The lowest BCUT2D eigenvalue weighted by atomic mass is 9.87. The highest BCUT2D eigenvalue weighted by Gasteiger charge is 2.04. The molecule has 5 aromatic carbocycles. The van der Waals surface area contributed by atoms with Crippen molar-refractivity contribution in [2.45, 2.75) is 26.7 Å². The van der Waals surface area contributed by atoms with E-state index in [1.54, 1.807) is 0 Å². The Morgan fingerprint density at radius 1 is 0.667 bits per heavy atom. The van der Waals surface area contributed by atoms with Crippen LogP contribution in [0.5, 0.6) is 0 Å². The molecule has 0 saturated carbocycles. The molecule has 0 aliphatic rings. The molecule has 0 unspecified atom stereocenters. The minimum atomic E-state index is 0.846. The van der Waals surface area contributed by atoms with Crippen molar-refractivity contribution in [3.05, 3.63) is 96.1 Å². The zero-order valence-corrected chi connectivity index (χ0v) is 17.7. The van der Waals surface area contributed by atoms with Crippen LogP contribution in [0.25, 0.3) is 32.3 Å². The highest BCUT2D eigenvalue weighted by atomic mass is 14.6. The Morgan fingerprint density at radius 3 is 2.03 bits per heavy atom. The van der Waals surface area contributed by atoms with Crippen molar-refractivity contribution in [2.75, 3.05) is 5.73 Å². The van der Waals surface area contributed by atoms with Gasteiger partial charge in [0.25, 0.3) is 0 Å². The van der Waals surface area contributed by atoms with E-state index in [1.807, 2.05) is 24.3 Å². The maximum atomic E-state index is 6.17. The molecule has 0 amide bonds. The summed E-state index contributed by atoms with van der Waals surface area (Å²) >= 11 is 0. The molecule has 0 atom stereocenters. The van der Waals surface area contributed by atoms with E-state index in [1.165, 1.54) is 38.1 Å². The van der Waals surface area contributed by atoms with E-state index < -0.39 is 0 Å². The highest BCUT2D eigenvalue weighted by molar-refractivity contribution is 6.41. The van der Waals surface area contributed by atoms with Crippen LogP contribution in [-0.2, 0) is 12.8 Å². The van der Waals surface area contributed by atoms with Crippen LogP contribution in [0.1, 0.15) is 25.0 Å². The van der Waals surface area contributed by atoms with Crippen LogP contribution < -0.4 is 11.2 Å². The van der Waals surface area contributed by atoms with Gasteiger partial charge >= 0.3 is 0 Å². The predicted octanol–water partition coefficient (Wildman–Crippen LogP) is 6.33. The molecule has 0 aromatic heterocycles. The summed E-state index contributed by atoms with van der Waals surface area (Å²) in [5, 5.41) is 7.35. The third kappa shape index (κ3) is 3.78. The van der Waals surface area contributed by atoms with Gasteiger partial charge in [-0.05, 0) is 74.5 Å². The number of aryl methyl sites for hydroxylation is 1. The van der Waals surface area contributed by atoms with Gasteiger partial charge in [-0.25, -0.2) is 0 Å². The lowest BCUT2D eigenvalue weighted by Crippen LogP contribution is -2.03. The summed E-state index contributed by atoms with van der Waals surface area (Å²) in [6, 6.07) is 29.4. The summed E-state index contributed by atoms with van der Waals surface area (Å²) in [6.45, 7) is 4.30. The van der Waals surface area contributed by atoms with Crippen molar-refractivity contribution < 1.29 is 0 Å². The van der Waals surface area contributed by atoms with Crippen molar-refractivity contribution in [3.8, 4) is 0 Å². The number of nitrogens with two attached hydrogens (primary N) is 1. The standard InChI is InChI=1S/C18H11B.C10H15N/c19-17-7-3-6-12-8-9-15-10-13-4-1-2-5-14(13)11-16(15)18(12)17;1-3-8-6-5-7-10(11)9(8)4-2/h1-11H;5-7H,3-4,11H2,1-2H3. The van der Waals surface area contributed by atoms with Gasteiger partial charge in [-0.15, -0.1) is 0 Å². The largest absolute Gasteiger partial charge is 0.398 e. The molecule has 0 spiro atoms. The zero-order valence-electron chi connectivity index (χ0n) is 17.7. The molecule has 146 valence electrons. The summed E-state index contributed by atoms with van der Waals surface area (Å²) in [4.78, 5) is 0. The first-order valence-electron chi connectivity index (χ1n) is 10.6. The van der Waals surface area contributed by atoms with E-state index in [4.69, 9.17) is 13.6 Å². The second-order valence-corrected chi connectivity index (χ2v) is 7.62. The van der Waals surface area contributed by atoms with Crippen LogP contribution in [0.3, 0.4) is 0 Å². The smallest absolute Gasteiger partial charge is 0.114 e. The topological polar surface area (TPSA) is 26.0 Å². The number of anilines is 1. The predicted molar refractivity (Wildman–Crippen MR) is 134 cm³/mol. The van der Waals surface area contributed by atoms with Crippen molar-refractivity contribution in [2.24, 2.45) is 0 Å². The Kier molecular flexibility index (Phi) is 5.76. The van der Waals surface area contributed by atoms with Gasteiger partial charge in [-0.1, -0.05) is 86.0 Å². The van der Waals surface area contributed by atoms with E-state index in [2.05, 4.69) is 74.5 Å². The first-order valence-corrected chi connectivity index (χ1v) is 10.6. The summed E-state index contributed by atoms with van der Waals surface area (Å²) < 4.78 is 0. The average Bonchev–Trinajstić information content (AvgIpc) is 2.78. The summed E-state index contributed by atoms with van der Waals surface area (Å²) in [5.74, 6) is 0. The molecule has 0 aliphatic heterocycles. The highest BCUT2D eigenvalue weighted by Crippen LogP contribution is 2.28. The molecule has 30 heavy (non-hydrogen) atoms. The van der Waals surface area contributed by atoms with Gasteiger partial charge < -0.3 is 5.73 Å². The zero-order chi connectivity index (χ0) is 21.1. The van der Waals surface area contributed by atoms with E-state index in [0.717, 1.165) is 29.4 Å². The van der Waals surface area contributed by atoms with Gasteiger partial charge in [0.2, 0.25) is 0 Å². The molecule has 0 fully saturated rings. The molecule has 1 nitrogen and oxygen atoms in total. The van der Waals surface area contributed by atoms with Crippen LogP contribution in [0.2, 0.25) is 0 Å². The molecular formula is C28H26BN. The number of hydrogen-bond donors (Lipinski definition) is 1. The SMILES string of the molecule is CCc1cccc(N)c1CC.[B]c1cccc2ccc3cc4ccccc4cc3c12. The van der Waals surface area contributed by atoms with Crippen molar-refractivity contribution in [1.29, 1.82) is 0 Å². The van der Waals surface area contributed by atoms with Crippen molar-refractivity contribution >= 4 is 51.3 Å². The summed E-state index contributed by atoms with van der Waals surface area (Å²) in [6.07, 6.45) is 2.12. The van der Waals surface area contributed by atoms with Gasteiger partial charge in [-0.3, -0.25) is 0 Å². The Labute approximate surface area is 179 Å². The molecular weight excluding hydrogens is 361 g/mol. The van der Waals surface area contributed by atoms with Crippen LogP contribution in [0, 0.1) is 0 Å². The third-order valence-electron chi connectivity index (χ3n) is 5.80. The molecule has 2 N–H and O–H groups in total. The van der Waals surface area contributed by atoms with E-state index in [9.17, 15) is 0 Å². The van der Waals surface area contributed by atoms with Gasteiger partial charge in [-0.2, -0.15) is 0 Å². The molecule has 2 radical (unpaired) electrons. The average molecular weight is 387 g/mol. The number of hydrogen-bond acceptors (Lipinski definition) is 1. The Balaban J connectivity index is 0.000000170. The monoisotopic (exact) mass is 387 g/mol. The van der Waals surface area contributed by atoms with E-state index in [-0.39, 0.29) is 0 Å². The molecule has 5 aromatic rings. The minimum absolute atomic E-state index is 0.846. The third-order valence-corrected chi connectivity index (χ3v) is 5.80. The van der Waals surface area contributed by atoms with Crippen LogP contribution in [-0.4, -0.2) is 7.85 Å². The first kappa shape index (κ1) is 20.0. The lowest BCUT2D eigenvalue weighted by molar-refractivity contribution is 1.04. The summed E-state index contributed by atoms with van der Waals surface area (Å²) in [5.41, 5.74) is 10.3. The number of benzene rings is 5. The van der Waals surface area contributed by atoms with Crippen LogP contribution in [0.4, 0.5) is 5.69 Å². The van der Waals surface area contributed by atoms with Gasteiger partial charge in [0, 0.05) is 5.69 Å². The van der Waals surface area contributed by atoms with E-state index in [0.29, 0.717) is 0 Å². The van der Waals surface area contributed by atoms with Crippen molar-refractivity contribution in [1.82, 2.24) is 0 Å².